The first-order valence-electron chi connectivity index (χ1n) is 7.53. The molecule has 1 aromatic heterocycles. The molecule has 0 spiro atoms. The third-order valence-electron chi connectivity index (χ3n) is 3.62. The second-order valence-corrected chi connectivity index (χ2v) is 8.14. The summed E-state index contributed by atoms with van der Waals surface area (Å²) in [4.78, 5) is 1.25. The van der Waals surface area contributed by atoms with Crippen LogP contribution in [0.15, 0.2) is 40.6 Å². The van der Waals surface area contributed by atoms with Crippen LogP contribution >= 0.6 is 11.3 Å². The molecule has 0 unspecified atom stereocenters. The molecule has 0 atom stereocenters. The molecule has 0 bridgehead atoms. The zero-order valence-corrected chi connectivity index (χ0v) is 14.5. The molecule has 124 valence electrons. The molecule has 23 heavy (non-hydrogen) atoms. The molecule has 0 fully saturated rings. The lowest BCUT2D eigenvalue weighted by molar-refractivity contribution is 0.296. The first-order chi connectivity index (χ1) is 11.1. The van der Waals surface area contributed by atoms with Crippen LogP contribution in [0.1, 0.15) is 18.2 Å². The molecule has 0 radical (unpaired) electrons. The number of ether oxygens (including phenoxy) is 2. The van der Waals surface area contributed by atoms with Gasteiger partial charge in [-0.1, -0.05) is 13.0 Å². The van der Waals surface area contributed by atoms with Crippen molar-refractivity contribution in [2.75, 3.05) is 19.8 Å². The number of fused-ring (bicyclic) bond motifs is 1. The van der Waals surface area contributed by atoms with Crippen LogP contribution in [-0.2, 0) is 16.6 Å². The molecule has 1 aromatic carbocycles. The average Bonchev–Trinajstić information content (AvgIpc) is 2.95. The fourth-order valence-electron chi connectivity index (χ4n) is 2.40. The summed E-state index contributed by atoms with van der Waals surface area (Å²) in [5, 5.41) is 1.95. The highest BCUT2D eigenvalue weighted by molar-refractivity contribution is 7.89. The zero-order chi connectivity index (χ0) is 16.3. The Hall–Kier alpha value is -1.57. The summed E-state index contributed by atoms with van der Waals surface area (Å²) in [6.45, 7) is 3.75. The monoisotopic (exact) mass is 353 g/mol. The van der Waals surface area contributed by atoms with Crippen LogP contribution in [0.2, 0.25) is 0 Å². The normalized spacial score (nSPS) is 14.7. The molecule has 0 aliphatic carbocycles. The lowest BCUT2D eigenvalue weighted by Crippen LogP contribution is -2.30. The Labute approximate surface area is 140 Å². The van der Waals surface area contributed by atoms with E-state index >= 15 is 0 Å². The molecule has 0 N–H and O–H groups in total. The molecule has 2 aromatic rings. The predicted molar refractivity (Wildman–Crippen MR) is 89.6 cm³/mol. The highest BCUT2D eigenvalue weighted by Gasteiger charge is 2.25. The van der Waals surface area contributed by atoms with Gasteiger partial charge < -0.3 is 9.47 Å². The third kappa shape index (κ3) is 3.52. The van der Waals surface area contributed by atoms with Crippen molar-refractivity contribution in [1.29, 1.82) is 0 Å². The molecule has 3 rings (SSSR count). The van der Waals surface area contributed by atoms with Gasteiger partial charge in [-0.2, -0.15) is 4.31 Å². The summed E-state index contributed by atoms with van der Waals surface area (Å²) >= 11 is 1.55. The Morgan fingerprint density at radius 2 is 1.96 bits per heavy atom. The lowest BCUT2D eigenvalue weighted by Gasteiger charge is -2.20. The lowest BCUT2D eigenvalue weighted by atomic mass is 10.3. The first kappa shape index (κ1) is 16.3. The van der Waals surface area contributed by atoms with E-state index in [1.807, 2.05) is 24.4 Å². The van der Waals surface area contributed by atoms with E-state index in [-0.39, 0.29) is 4.90 Å². The van der Waals surface area contributed by atoms with Gasteiger partial charge >= 0.3 is 0 Å². The number of hydrogen-bond acceptors (Lipinski definition) is 5. The van der Waals surface area contributed by atoms with E-state index in [0.717, 1.165) is 11.3 Å². The molecule has 2 heterocycles. The van der Waals surface area contributed by atoms with Gasteiger partial charge in [-0.3, -0.25) is 0 Å². The van der Waals surface area contributed by atoms with Crippen molar-refractivity contribution >= 4 is 21.4 Å². The molecule has 0 saturated carbocycles. The third-order valence-corrected chi connectivity index (χ3v) is 6.40. The van der Waals surface area contributed by atoms with Crippen molar-refractivity contribution < 1.29 is 17.9 Å². The largest absolute Gasteiger partial charge is 0.490 e. The summed E-state index contributed by atoms with van der Waals surface area (Å²) in [7, 11) is -3.57. The summed E-state index contributed by atoms with van der Waals surface area (Å²) in [6, 6.07) is 8.68. The topological polar surface area (TPSA) is 55.8 Å². The van der Waals surface area contributed by atoms with Crippen molar-refractivity contribution in [3.8, 4) is 11.5 Å². The van der Waals surface area contributed by atoms with Crippen LogP contribution in [0.4, 0.5) is 0 Å². The quantitative estimate of drug-likeness (QED) is 0.829. The highest BCUT2D eigenvalue weighted by Crippen LogP contribution is 2.33. The number of hydrogen-bond donors (Lipinski definition) is 0. The maximum Gasteiger partial charge on any atom is 0.243 e. The van der Waals surface area contributed by atoms with E-state index in [1.165, 1.54) is 4.31 Å². The van der Waals surface area contributed by atoms with Crippen LogP contribution in [0, 0.1) is 0 Å². The van der Waals surface area contributed by atoms with Crippen LogP contribution in [-0.4, -0.2) is 32.5 Å². The summed E-state index contributed by atoms with van der Waals surface area (Å²) < 4.78 is 38.4. The van der Waals surface area contributed by atoms with Crippen LogP contribution < -0.4 is 9.47 Å². The van der Waals surface area contributed by atoms with Gasteiger partial charge in [0, 0.05) is 30.5 Å². The van der Waals surface area contributed by atoms with Gasteiger partial charge in [0.15, 0.2) is 11.5 Å². The minimum absolute atomic E-state index is 0.236. The number of sulfonamides is 1. The number of thiophene rings is 1. The van der Waals surface area contributed by atoms with E-state index < -0.39 is 10.0 Å². The minimum Gasteiger partial charge on any atom is -0.490 e. The Bertz CT molecular complexity index is 756. The Balaban J connectivity index is 1.90. The Morgan fingerprint density at radius 1 is 1.17 bits per heavy atom. The number of benzene rings is 1. The fraction of sp³-hybridized carbons (Fsp3) is 0.375. The van der Waals surface area contributed by atoms with Gasteiger partial charge in [-0.05, 0) is 23.6 Å². The predicted octanol–water partition coefficient (Wildman–Crippen LogP) is 3.12. The van der Waals surface area contributed by atoms with Crippen molar-refractivity contribution in [3.63, 3.8) is 0 Å². The molecule has 1 aliphatic rings. The SMILES string of the molecule is CCN(Cc1cccs1)S(=O)(=O)c1ccc2c(c1)OCCCO2. The van der Waals surface area contributed by atoms with Gasteiger partial charge in [0.2, 0.25) is 10.0 Å². The molecular formula is C16H19NO4S2. The second-order valence-electron chi connectivity index (χ2n) is 5.17. The summed E-state index contributed by atoms with van der Waals surface area (Å²) in [5.74, 6) is 1.10. The summed E-state index contributed by atoms with van der Waals surface area (Å²) in [6.07, 6.45) is 0.788. The molecule has 0 amide bonds. The van der Waals surface area contributed by atoms with Gasteiger partial charge in [0.1, 0.15) is 0 Å². The molecule has 5 nitrogen and oxygen atoms in total. The molecule has 1 aliphatic heterocycles. The van der Waals surface area contributed by atoms with Crippen molar-refractivity contribution in [3.05, 3.63) is 40.6 Å². The number of rotatable bonds is 5. The first-order valence-corrected chi connectivity index (χ1v) is 9.85. The number of nitrogens with zero attached hydrogens (tertiary/aromatic N) is 1. The van der Waals surface area contributed by atoms with Crippen molar-refractivity contribution in [2.45, 2.75) is 24.8 Å². The summed E-state index contributed by atoms with van der Waals surface area (Å²) in [5.41, 5.74) is 0. The fourth-order valence-corrected chi connectivity index (χ4v) is 4.64. The minimum atomic E-state index is -3.57. The second kappa shape index (κ2) is 6.90. The molecule has 0 saturated heterocycles. The van der Waals surface area contributed by atoms with Gasteiger partial charge in [-0.25, -0.2) is 8.42 Å². The van der Waals surface area contributed by atoms with Gasteiger partial charge in [0.05, 0.1) is 18.1 Å². The van der Waals surface area contributed by atoms with Crippen LogP contribution in [0.3, 0.4) is 0 Å². The molecule has 7 heteroatoms. The maximum atomic E-state index is 12.9. The standard InChI is InChI=1S/C16H19NO4S2/c1-2-17(12-13-5-3-10-22-13)23(18,19)14-6-7-15-16(11-14)21-9-4-8-20-15/h3,5-7,10-11H,2,4,8-9,12H2,1H3. The van der Waals surface area contributed by atoms with E-state index in [2.05, 4.69) is 0 Å². The van der Waals surface area contributed by atoms with Crippen LogP contribution in [0.5, 0.6) is 11.5 Å². The zero-order valence-electron chi connectivity index (χ0n) is 12.9. The Morgan fingerprint density at radius 3 is 2.65 bits per heavy atom. The van der Waals surface area contributed by atoms with E-state index in [4.69, 9.17) is 9.47 Å². The molecular weight excluding hydrogens is 334 g/mol. The van der Waals surface area contributed by atoms with Gasteiger partial charge in [0.25, 0.3) is 0 Å². The smallest absolute Gasteiger partial charge is 0.243 e. The van der Waals surface area contributed by atoms with E-state index in [1.54, 1.807) is 29.5 Å². The van der Waals surface area contributed by atoms with E-state index in [0.29, 0.717) is 37.8 Å². The maximum absolute atomic E-state index is 12.9. The van der Waals surface area contributed by atoms with Crippen molar-refractivity contribution in [1.82, 2.24) is 4.31 Å². The van der Waals surface area contributed by atoms with Crippen LogP contribution in [0.25, 0.3) is 0 Å². The van der Waals surface area contributed by atoms with Crippen molar-refractivity contribution in [2.24, 2.45) is 0 Å². The highest BCUT2D eigenvalue weighted by atomic mass is 32.2. The average molecular weight is 353 g/mol. The van der Waals surface area contributed by atoms with Gasteiger partial charge in [-0.15, -0.1) is 11.3 Å². The van der Waals surface area contributed by atoms with E-state index in [9.17, 15) is 8.42 Å². The Kier molecular flexibility index (Phi) is 4.89.